The third kappa shape index (κ3) is 3.97. The van der Waals surface area contributed by atoms with Crippen molar-refractivity contribution >= 4 is 11.6 Å². The number of carbonyl (C=O) groups excluding carboxylic acids is 1. The third-order valence-electron chi connectivity index (χ3n) is 1.89. The summed E-state index contributed by atoms with van der Waals surface area (Å²) in [7, 11) is 0. The zero-order valence-corrected chi connectivity index (χ0v) is 8.72. The van der Waals surface area contributed by atoms with Gasteiger partial charge in [-0.1, -0.05) is 19.1 Å². The van der Waals surface area contributed by atoms with E-state index in [4.69, 9.17) is 0 Å². The van der Waals surface area contributed by atoms with E-state index in [1.54, 1.807) is 18.2 Å². The quantitative estimate of drug-likeness (QED) is 0.777. The molecule has 0 unspecified atom stereocenters. The molecule has 82 valence electrons. The standard InChI is InChI=1S/C11H15FN2O/c1-2-7-13-11(15)8-14-10-6-4-3-5-9(10)12/h3-6,14H,2,7-8H2,1H3,(H,13,15). The summed E-state index contributed by atoms with van der Waals surface area (Å²) in [5.74, 6) is -0.471. The minimum atomic E-state index is -0.346. The van der Waals surface area contributed by atoms with Crippen LogP contribution >= 0.6 is 0 Å². The molecule has 1 aromatic carbocycles. The van der Waals surface area contributed by atoms with Crippen LogP contribution in [0.25, 0.3) is 0 Å². The summed E-state index contributed by atoms with van der Waals surface area (Å²) < 4.78 is 13.1. The first kappa shape index (κ1) is 11.5. The Hall–Kier alpha value is -1.58. The maximum absolute atomic E-state index is 13.1. The molecule has 1 amide bonds. The molecule has 0 bridgehead atoms. The van der Waals surface area contributed by atoms with Crippen molar-refractivity contribution in [3.8, 4) is 0 Å². The van der Waals surface area contributed by atoms with Gasteiger partial charge in [-0.15, -0.1) is 0 Å². The highest BCUT2D eigenvalue weighted by atomic mass is 19.1. The molecule has 3 nitrogen and oxygen atoms in total. The van der Waals surface area contributed by atoms with Crippen LogP contribution in [0.2, 0.25) is 0 Å². The lowest BCUT2D eigenvalue weighted by Gasteiger charge is -2.07. The zero-order chi connectivity index (χ0) is 11.1. The van der Waals surface area contributed by atoms with Gasteiger partial charge in [-0.05, 0) is 18.6 Å². The predicted molar refractivity (Wildman–Crippen MR) is 58.2 cm³/mol. The van der Waals surface area contributed by atoms with Gasteiger partial charge in [-0.25, -0.2) is 4.39 Å². The molecule has 2 N–H and O–H groups in total. The first-order valence-corrected chi connectivity index (χ1v) is 4.99. The van der Waals surface area contributed by atoms with Gasteiger partial charge in [-0.2, -0.15) is 0 Å². The Bertz CT molecular complexity index is 328. The van der Waals surface area contributed by atoms with Gasteiger partial charge in [0.2, 0.25) is 5.91 Å². The van der Waals surface area contributed by atoms with Crippen LogP contribution in [0.1, 0.15) is 13.3 Å². The van der Waals surface area contributed by atoms with Gasteiger partial charge in [0.05, 0.1) is 12.2 Å². The predicted octanol–water partition coefficient (Wildman–Crippen LogP) is 1.76. The number of hydrogen-bond acceptors (Lipinski definition) is 2. The van der Waals surface area contributed by atoms with Crippen LogP contribution in [0, 0.1) is 5.82 Å². The van der Waals surface area contributed by atoms with E-state index in [2.05, 4.69) is 10.6 Å². The number of carbonyl (C=O) groups is 1. The van der Waals surface area contributed by atoms with Gasteiger partial charge in [-0.3, -0.25) is 4.79 Å². The van der Waals surface area contributed by atoms with E-state index in [0.29, 0.717) is 12.2 Å². The first-order chi connectivity index (χ1) is 7.24. The van der Waals surface area contributed by atoms with Crippen molar-refractivity contribution in [2.24, 2.45) is 0 Å². The Kier molecular flexibility index (Phi) is 4.60. The second-order valence-corrected chi connectivity index (χ2v) is 3.18. The highest BCUT2D eigenvalue weighted by Crippen LogP contribution is 2.11. The second kappa shape index (κ2) is 6.01. The van der Waals surface area contributed by atoms with E-state index in [-0.39, 0.29) is 18.3 Å². The number of anilines is 1. The third-order valence-corrected chi connectivity index (χ3v) is 1.89. The molecule has 0 spiro atoms. The van der Waals surface area contributed by atoms with Crippen LogP contribution in [-0.4, -0.2) is 19.0 Å². The molecule has 0 atom stereocenters. The lowest BCUT2D eigenvalue weighted by Crippen LogP contribution is -2.30. The van der Waals surface area contributed by atoms with E-state index in [1.165, 1.54) is 6.07 Å². The topological polar surface area (TPSA) is 41.1 Å². The van der Waals surface area contributed by atoms with Crippen molar-refractivity contribution in [3.05, 3.63) is 30.1 Å². The van der Waals surface area contributed by atoms with E-state index < -0.39 is 0 Å². The van der Waals surface area contributed by atoms with Crippen molar-refractivity contribution in [2.75, 3.05) is 18.4 Å². The van der Waals surface area contributed by atoms with Gasteiger partial charge in [0.25, 0.3) is 0 Å². The Labute approximate surface area is 88.7 Å². The molecule has 0 saturated heterocycles. The molecule has 4 heteroatoms. The van der Waals surface area contributed by atoms with E-state index in [9.17, 15) is 9.18 Å². The monoisotopic (exact) mass is 210 g/mol. The SMILES string of the molecule is CCCNC(=O)CNc1ccccc1F. The summed E-state index contributed by atoms with van der Waals surface area (Å²) in [6.07, 6.45) is 0.894. The molecule has 1 rings (SSSR count). The van der Waals surface area contributed by atoms with Gasteiger partial charge >= 0.3 is 0 Å². The second-order valence-electron chi connectivity index (χ2n) is 3.18. The fourth-order valence-electron chi connectivity index (χ4n) is 1.11. The van der Waals surface area contributed by atoms with E-state index in [1.807, 2.05) is 6.92 Å². The summed E-state index contributed by atoms with van der Waals surface area (Å²) in [5, 5.41) is 5.43. The average Bonchev–Trinajstić information content (AvgIpc) is 2.25. The Morgan fingerprint density at radius 1 is 1.40 bits per heavy atom. The van der Waals surface area contributed by atoms with Crippen molar-refractivity contribution < 1.29 is 9.18 Å². The van der Waals surface area contributed by atoms with Crippen LogP contribution in [0.3, 0.4) is 0 Å². The van der Waals surface area contributed by atoms with Gasteiger partial charge in [0, 0.05) is 6.54 Å². The van der Waals surface area contributed by atoms with Crippen LogP contribution in [0.15, 0.2) is 24.3 Å². The molecule has 0 radical (unpaired) electrons. The van der Waals surface area contributed by atoms with Crippen molar-refractivity contribution in [1.82, 2.24) is 5.32 Å². The van der Waals surface area contributed by atoms with Gasteiger partial charge < -0.3 is 10.6 Å². The average molecular weight is 210 g/mol. The largest absolute Gasteiger partial charge is 0.374 e. The van der Waals surface area contributed by atoms with Crippen LogP contribution in [-0.2, 0) is 4.79 Å². The molecule has 0 fully saturated rings. The summed E-state index contributed by atoms with van der Waals surface area (Å²) in [4.78, 5) is 11.2. The normalized spacial score (nSPS) is 9.73. The number of nitrogens with one attached hydrogen (secondary N) is 2. The van der Waals surface area contributed by atoms with Gasteiger partial charge in [0.1, 0.15) is 5.82 Å². The summed E-state index contributed by atoms with van der Waals surface area (Å²) in [5.41, 5.74) is 0.351. The van der Waals surface area contributed by atoms with Crippen molar-refractivity contribution in [1.29, 1.82) is 0 Å². The number of para-hydroxylation sites is 1. The summed E-state index contributed by atoms with van der Waals surface area (Å²) >= 11 is 0. The van der Waals surface area contributed by atoms with E-state index >= 15 is 0 Å². The number of benzene rings is 1. The molecule has 1 aromatic rings. The Morgan fingerprint density at radius 3 is 2.80 bits per heavy atom. The number of amides is 1. The zero-order valence-electron chi connectivity index (χ0n) is 8.72. The molecule has 0 saturated carbocycles. The smallest absolute Gasteiger partial charge is 0.239 e. The molecule has 0 aliphatic carbocycles. The first-order valence-electron chi connectivity index (χ1n) is 4.99. The molecular formula is C11H15FN2O. The fraction of sp³-hybridized carbons (Fsp3) is 0.364. The maximum Gasteiger partial charge on any atom is 0.239 e. The van der Waals surface area contributed by atoms with Crippen molar-refractivity contribution in [3.63, 3.8) is 0 Å². The summed E-state index contributed by atoms with van der Waals surface area (Å²) in [6.45, 7) is 2.73. The lowest BCUT2D eigenvalue weighted by atomic mass is 10.3. The number of hydrogen-bond donors (Lipinski definition) is 2. The highest BCUT2D eigenvalue weighted by Gasteiger charge is 2.02. The molecule has 0 aromatic heterocycles. The molecule has 0 aliphatic rings. The number of halogens is 1. The fourth-order valence-corrected chi connectivity index (χ4v) is 1.11. The van der Waals surface area contributed by atoms with E-state index in [0.717, 1.165) is 6.42 Å². The highest BCUT2D eigenvalue weighted by molar-refractivity contribution is 5.80. The van der Waals surface area contributed by atoms with Gasteiger partial charge in [0.15, 0.2) is 0 Å². The minimum absolute atomic E-state index is 0.0981. The van der Waals surface area contributed by atoms with Crippen LogP contribution in [0.4, 0.5) is 10.1 Å². The number of rotatable bonds is 5. The maximum atomic E-state index is 13.1. The lowest BCUT2D eigenvalue weighted by molar-refractivity contribution is -0.119. The minimum Gasteiger partial charge on any atom is -0.374 e. The van der Waals surface area contributed by atoms with Crippen LogP contribution < -0.4 is 10.6 Å². The van der Waals surface area contributed by atoms with Crippen LogP contribution in [0.5, 0.6) is 0 Å². The molecule has 0 aliphatic heterocycles. The molecule has 15 heavy (non-hydrogen) atoms. The summed E-state index contributed by atoms with van der Waals surface area (Å²) in [6, 6.07) is 6.28. The Morgan fingerprint density at radius 2 is 2.13 bits per heavy atom. The molecular weight excluding hydrogens is 195 g/mol. The van der Waals surface area contributed by atoms with Crippen molar-refractivity contribution in [2.45, 2.75) is 13.3 Å². The Balaban J connectivity index is 2.37. The molecule has 0 heterocycles.